The first-order chi connectivity index (χ1) is 3.77. The Kier molecular flexibility index (Phi) is 4.17. The molecule has 46 valence electrons. The van der Waals surface area contributed by atoms with Gasteiger partial charge in [-0.3, -0.25) is 4.79 Å². The molecular weight excluding hydrogens is 102 g/mol. The van der Waals surface area contributed by atoms with Crippen LogP contribution in [0.2, 0.25) is 0 Å². The Morgan fingerprint density at radius 3 is 2.75 bits per heavy atom. The van der Waals surface area contributed by atoms with Crippen LogP contribution in [0.15, 0.2) is 12.2 Å². The first-order valence-electron chi connectivity index (χ1n) is 2.59. The van der Waals surface area contributed by atoms with Crippen LogP contribution in [0.25, 0.3) is 0 Å². The van der Waals surface area contributed by atoms with Crippen molar-refractivity contribution in [2.75, 3.05) is 13.6 Å². The van der Waals surface area contributed by atoms with Crippen LogP contribution in [0.4, 0.5) is 0 Å². The highest BCUT2D eigenvalue weighted by Gasteiger charge is 1.77. The van der Waals surface area contributed by atoms with Gasteiger partial charge >= 0.3 is 0 Å². The van der Waals surface area contributed by atoms with Crippen molar-refractivity contribution in [3.8, 4) is 0 Å². The summed E-state index contributed by atoms with van der Waals surface area (Å²) < 4.78 is 0. The summed E-state index contributed by atoms with van der Waals surface area (Å²) in [7, 11) is 1.84. The van der Waals surface area contributed by atoms with Gasteiger partial charge in [0.1, 0.15) is 0 Å². The Morgan fingerprint density at radius 1 is 1.75 bits per heavy atom. The second-order valence-electron chi connectivity index (χ2n) is 1.57. The standard InChI is InChI=1S/C6H11NO/c1-6(8)4-3-5-7-2/h3-4,7H,5H2,1-2H3/b4-3-. The zero-order valence-electron chi connectivity index (χ0n) is 5.27. The number of ketones is 1. The molecule has 0 aromatic rings. The van der Waals surface area contributed by atoms with Gasteiger partial charge in [-0.05, 0) is 20.0 Å². The Hall–Kier alpha value is -0.630. The van der Waals surface area contributed by atoms with Crippen LogP contribution >= 0.6 is 0 Å². The van der Waals surface area contributed by atoms with Crippen LogP contribution in [0, 0.1) is 0 Å². The third-order valence-corrected chi connectivity index (χ3v) is 0.675. The molecule has 0 unspecified atom stereocenters. The van der Waals surface area contributed by atoms with Crippen LogP contribution in [0.1, 0.15) is 6.92 Å². The van der Waals surface area contributed by atoms with Crippen LogP contribution in [-0.4, -0.2) is 19.4 Å². The van der Waals surface area contributed by atoms with E-state index < -0.39 is 0 Å². The van der Waals surface area contributed by atoms with Gasteiger partial charge in [0.2, 0.25) is 0 Å². The topological polar surface area (TPSA) is 29.1 Å². The summed E-state index contributed by atoms with van der Waals surface area (Å²) >= 11 is 0. The van der Waals surface area contributed by atoms with Gasteiger partial charge in [-0.1, -0.05) is 6.08 Å². The molecule has 0 saturated carbocycles. The Bertz CT molecular complexity index is 96.7. The number of allylic oxidation sites excluding steroid dienone is 1. The SMILES string of the molecule is CNC/C=C\C(C)=O. The maximum absolute atomic E-state index is 10.2. The largest absolute Gasteiger partial charge is 0.316 e. The van der Waals surface area contributed by atoms with E-state index in [4.69, 9.17) is 0 Å². The highest BCUT2D eigenvalue weighted by atomic mass is 16.1. The second kappa shape index (κ2) is 4.53. The lowest BCUT2D eigenvalue weighted by Gasteiger charge is -1.83. The third-order valence-electron chi connectivity index (χ3n) is 0.675. The average molecular weight is 113 g/mol. The van der Waals surface area contributed by atoms with Crippen molar-refractivity contribution in [3.63, 3.8) is 0 Å². The molecule has 0 aromatic carbocycles. The molecule has 0 saturated heterocycles. The molecule has 0 aliphatic carbocycles. The van der Waals surface area contributed by atoms with Gasteiger partial charge in [0, 0.05) is 6.54 Å². The average Bonchev–Trinajstić information content (AvgIpc) is 1.66. The summed E-state index contributed by atoms with van der Waals surface area (Å²) in [6.07, 6.45) is 3.35. The predicted octanol–water partition coefficient (Wildman–Crippen LogP) is 0.351. The monoisotopic (exact) mass is 113 g/mol. The van der Waals surface area contributed by atoms with Crippen molar-refractivity contribution in [3.05, 3.63) is 12.2 Å². The molecule has 0 amide bonds. The highest BCUT2D eigenvalue weighted by Crippen LogP contribution is 1.71. The highest BCUT2D eigenvalue weighted by molar-refractivity contribution is 5.87. The maximum Gasteiger partial charge on any atom is 0.152 e. The van der Waals surface area contributed by atoms with Gasteiger partial charge in [-0.2, -0.15) is 0 Å². The molecule has 0 rings (SSSR count). The number of likely N-dealkylation sites (N-methyl/N-ethyl adjacent to an activating group) is 1. The van der Waals surface area contributed by atoms with E-state index in [2.05, 4.69) is 5.32 Å². The van der Waals surface area contributed by atoms with E-state index in [9.17, 15) is 4.79 Å². The normalized spacial score (nSPS) is 10.2. The first kappa shape index (κ1) is 7.37. The van der Waals surface area contributed by atoms with Crippen LogP contribution in [-0.2, 0) is 4.79 Å². The zero-order valence-corrected chi connectivity index (χ0v) is 5.27. The molecule has 0 aromatic heterocycles. The molecule has 0 aliphatic heterocycles. The zero-order chi connectivity index (χ0) is 6.41. The lowest BCUT2D eigenvalue weighted by Crippen LogP contribution is -2.04. The van der Waals surface area contributed by atoms with Gasteiger partial charge < -0.3 is 5.32 Å². The van der Waals surface area contributed by atoms with Crippen LogP contribution in [0.5, 0.6) is 0 Å². The van der Waals surface area contributed by atoms with Gasteiger partial charge in [0.05, 0.1) is 0 Å². The molecule has 8 heavy (non-hydrogen) atoms. The molecule has 0 aliphatic rings. The number of hydrogen-bond donors (Lipinski definition) is 1. The van der Waals surface area contributed by atoms with Crippen molar-refractivity contribution >= 4 is 5.78 Å². The predicted molar refractivity (Wildman–Crippen MR) is 33.7 cm³/mol. The smallest absolute Gasteiger partial charge is 0.152 e. The quantitative estimate of drug-likeness (QED) is 0.535. The summed E-state index contributed by atoms with van der Waals surface area (Å²) in [5.41, 5.74) is 0. The van der Waals surface area contributed by atoms with Crippen LogP contribution < -0.4 is 5.32 Å². The van der Waals surface area contributed by atoms with E-state index in [1.165, 1.54) is 6.92 Å². The van der Waals surface area contributed by atoms with Crippen molar-refractivity contribution in [2.45, 2.75) is 6.92 Å². The number of rotatable bonds is 3. The lowest BCUT2D eigenvalue weighted by atomic mass is 10.4. The summed E-state index contributed by atoms with van der Waals surface area (Å²) in [4.78, 5) is 10.2. The molecule has 0 heterocycles. The van der Waals surface area contributed by atoms with E-state index >= 15 is 0 Å². The molecule has 0 atom stereocenters. The molecule has 1 N–H and O–H groups in total. The lowest BCUT2D eigenvalue weighted by molar-refractivity contribution is -0.112. The van der Waals surface area contributed by atoms with Gasteiger partial charge in [0.15, 0.2) is 5.78 Å². The van der Waals surface area contributed by atoms with Gasteiger partial charge in [0.25, 0.3) is 0 Å². The maximum atomic E-state index is 10.2. The van der Waals surface area contributed by atoms with E-state index in [1.54, 1.807) is 12.2 Å². The fourth-order valence-corrected chi connectivity index (χ4v) is 0.343. The minimum atomic E-state index is 0.0975. The number of hydrogen-bond acceptors (Lipinski definition) is 2. The number of carbonyl (C=O) groups is 1. The first-order valence-corrected chi connectivity index (χ1v) is 2.59. The molecule has 0 spiro atoms. The molecular formula is C6H11NO. The van der Waals surface area contributed by atoms with Gasteiger partial charge in [-0.15, -0.1) is 0 Å². The van der Waals surface area contributed by atoms with Gasteiger partial charge in [-0.25, -0.2) is 0 Å². The minimum Gasteiger partial charge on any atom is -0.316 e. The Balaban J connectivity index is 3.20. The van der Waals surface area contributed by atoms with E-state index in [-0.39, 0.29) is 5.78 Å². The van der Waals surface area contributed by atoms with Crippen molar-refractivity contribution < 1.29 is 4.79 Å². The minimum absolute atomic E-state index is 0.0975. The van der Waals surface area contributed by atoms with Crippen molar-refractivity contribution in [1.82, 2.24) is 5.32 Å². The Morgan fingerprint density at radius 2 is 2.38 bits per heavy atom. The summed E-state index contributed by atoms with van der Waals surface area (Å²) in [6, 6.07) is 0. The molecule has 0 bridgehead atoms. The number of nitrogens with one attached hydrogen (secondary N) is 1. The second-order valence-corrected chi connectivity index (χ2v) is 1.57. The molecule has 0 fully saturated rings. The molecule has 0 radical (unpaired) electrons. The number of carbonyl (C=O) groups excluding carboxylic acids is 1. The van der Waals surface area contributed by atoms with Crippen molar-refractivity contribution in [2.24, 2.45) is 0 Å². The fraction of sp³-hybridized carbons (Fsp3) is 0.500. The van der Waals surface area contributed by atoms with Crippen molar-refractivity contribution in [1.29, 1.82) is 0 Å². The summed E-state index contributed by atoms with van der Waals surface area (Å²) in [5, 5.41) is 2.88. The fourth-order valence-electron chi connectivity index (χ4n) is 0.343. The summed E-state index contributed by atoms with van der Waals surface area (Å²) in [5.74, 6) is 0.0975. The summed E-state index contributed by atoms with van der Waals surface area (Å²) in [6.45, 7) is 2.30. The van der Waals surface area contributed by atoms with E-state index in [0.717, 1.165) is 6.54 Å². The molecule has 2 heteroatoms. The third kappa shape index (κ3) is 5.37. The van der Waals surface area contributed by atoms with E-state index in [0.29, 0.717) is 0 Å². The van der Waals surface area contributed by atoms with Crippen LogP contribution in [0.3, 0.4) is 0 Å². The van der Waals surface area contributed by atoms with E-state index in [1.807, 2.05) is 7.05 Å². The molecule has 2 nitrogen and oxygen atoms in total. The Labute approximate surface area is 49.6 Å².